The number of methoxy groups -OCH3 is 1. The van der Waals surface area contributed by atoms with Crippen LogP contribution in [0, 0.1) is 5.92 Å². The van der Waals surface area contributed by atoms with Crippen molar-refractivity contribution in [1.82, 2.24) is 4.90 Å². The molecule has 2 aliphatic rings. The number of piperazine rings is 1. The Hall–Kier alpha value is -1.75. The van der Waals surface area contributed by atoms with Crippen LogP contribution in [0.1, 0.15) is 25.7 Å². The van der Waals surface area contributed by atoms with Crippen LogP contribution in [0.15, 0.2) is 24.3 Å². The first-order chi connectivity index (χ1) is 11.2. The highest BCUT2D eigenvalue weighted by Gasteiger charge is 2.30. The van der Waals surface area contributed by atoms with Crippen molar-refractivity contribution in [3.05, 3.63) is 24.3 Å². The molecular formula is C18H27N3O2. The maximum atomic E-state index is 12.7. The van der Waals surface area contributed by atoms with E-state index in [1.807, 2.05) is 17.0 Å². The molecule has 1 heterocycles. The summed E-state index contributed by atoms with van der Waals surface area (Å²) < 4.78 is 5.29. The molecule has 3 rings (SSSR count). The summed E-state index contributed by atoms with van der Waals surface area (Å²) in [6.07, 6.45) is 4.01. The fourth-order valence-corrected chi connectivity index (χ4v) is 3.70. The van der Waals surface area contributed by atoms with Gasteiger partial charge in [-0.1, -0.05) is 12.5 Å². The number of carbonyl (C=O) groups is 1. The van der Waals surface area contributed by atoms with Crippen LogP contribution >= 0.6 is 0 Å². The van der Waals surface area contributed by atoms with Gasteiger partial charge in [-0.15, -0.1) is 0 Å². The van der Waals surface area contributed by atoms with Crippen molar-refractivity contribution in [3.8, 4) is 5.75 Å². The lowest BCUT2D eigenvalue weighted by Gasteiger charge is -2.38. The lowest BCUT2D eigenvalue weighted by Crippen LogP contribution is -2.51. The van der Waals surface area contributed by atoms with Gasteiger partial charge in [0.15, 0.2) is 0 Å². The van der Waals surface area contributed by atoms with Crippen molar-refractivity contribution in [3.63, 3.8) is 0 Å². The summed E-state index contributed by atoms with van der Waals surface area (Å²) >= 11 is 0. The molecule has 1 amide bonds. The highest BCUT2D eigenvalue weighted by atomic mass is 16.5. The number of ether oxygens (including phenoxy) is 1. The van der Waals surface area contributed by atoms with Crippen molar-refractivity contribution < 1.29 is 9.53 Å². The maximum Gasteiger partial charge on any atom is 0.225 e. The first-order valence-corrected chi connectivity index (χ1v) is 8.60. The first-order valence-electron chi connectivity index (χ1n) is 8.60. The molecule has 23 heavy (non-hydrogen) atoms. The highest BCUT2D eigenvalue weighted by molar-refractivity contribution is 5.79. The zero-order valence-corrected chi connectivity index (χ0v) is 13.9. The van der Waals surface area contributed by atoms with Gasteiger partial charge in [-0.2, -0.15) is 0 Å². The van der Waals surface area contributed by atoms with Crippen LogP contribution in [0.3, 0.4) is 0 Å². The molecule has 2 unspecified atom stereocenters. The zero-order chi connectivity index (χ0) is 16.2. The Kier molecular flexibility index (Phi) is 5.06. The van der Waals surface area contributed by atoms with E-state index in [0.29, 0.717) is 5.91 Å². The molecule has 1 saturated heterocycles. The van der Waals surface area contributed by atoms with Gasteiger partial charge >= 0.3 is 0 Å². The van der Waals surface area contributed by atoms with Crippen LogP contribution in [-0.2, 0) is 4.79 Å². The van der Waals surface area contributed by atoms with Gasteiger partial charge in [0.1, 0.15) is 5.75 Å². The second kappa shape index (κ2) is 7.21. The summed E-state index contributed by atoms with van der Waals surface area (Å²) in [7, 11) is 1.69. The summed E-state index contributed by atoms with van der Waals surface area (Å²) in [4.78, 5) is 17.0. The standard InChI is InChI=1S/C18H27N3O2/c1-23-17-7-3-6-16(13-17)20-8-10-21(11-9-20)18(22)14-4-2-5-15(19)12-14/h3,6-7,13-15H,2,4-5,8-12,19H2,1H3. The Labute approximate surface area is 138 Å². The molecule has 0 radical (unpaired) electrons. The Morgan fingerprint density at radius 3 is 2.70 bits per heavy atom. The van der Waals surface area contributed by atoms with Gasteiger partial charge in [-0.05, 0) is 31.4 Å². The molecule has 1 aliphatic heterocycles. The van der Waals surface area contributed by atoms with Crippen LogP contribution in [-0.4, -0.2) is 50.1 Å². The smallest absolute Gasteiger partial charge is 0.225 e. The van der Waals surface area contributed by atoms with E-state index in [-0.39, 0.29) is 12.0 Å². The molecule has 2 fully saturated rings. The van der Waals surface area contributed by atoms with Crippen molar-refractivity contribution in [1.29, 1.82) is 0 Å². The SMILES string of the molecule is COc1cccc(N2CCN(C(=O)C3CCCC(N)C3)CC2)c1. The average Bonchev–Trinajstić information content (AvgIpc) is 2.61. The predicted octanol–water partition coefficient (Wildman–Crippen LogP) is 1.86. The van der Waals surface area contributed by atoms with Crippen molar-refractivity contribution in [2.24, 2.45) is 11.7 Å². The minimum absolute atomic E-state index is 0.141. The number of hydrogen-bond donors (Lipinski definition) is 1. The van der Waals surface area contributed by atoms with E-state index in [1.54, 1.807) is 7.11 Å². The van der Waals surface area contributed by atoms with Gasteiger partial charge < -0.3 is 20.3 Å². The number of anilines is 1. The Morgan fingerprint density at radius 1 is 1.22 bits per heavy atom. The van der Waals surface area contributed by atoms with Crippen molar-refractivity contribution in [2.45, 2.75) is 31.7 Å². The Bertz CT molecular complexity index is 541. The van der Waals surface area contributed by atoms with Gasteiger partial charge in [0.05, 0.1) is 7.11 Å². The summed E-state index contributed by atoms with van der Waals surface area (Å²) in [6, 6.07) is 8.32. The molecule has 5 nitrogen and oxygen atoms in total. The summed E-state index contributed by atoms with van der Waals surface area (Å²) in [5, 5.41) is 0. The minimum Gasteiger partial charge on any atom is -0.497 e. The van der Waals surface area contributed by atoms with E-state index in [4.69, 9.17) is 10.5 Å². The van der Waals surface area contributed by atoms with Crippen LogP contribution in [0.25, 0.3) is 0 Å². The molecule has 126 valence electrons. The number of benzene rings is 1. The van der Waals surface area contributed by atoms with E-state index < -0.39 is 0 Å². The van der Waals surface area contributed by atoms with E-state index in [2.05, 4.69) is 17.0 Å². The summed E-state index contributed by atoms with van der Waals surface area (Å²) in [5.41, 5.74) is 7.19. The molecule has 2 atom stereocenters. The third-order valence-electron chi connectivity index (χ3n) is 5.07. The minimum atomic E-state index is 0.141. The number of nitrogens with two attached hydrogens (primary N) is 1. The molecular weight excluding hydrogens is 290 g/mol. The summed E-state index contributed by atoms with van der Waals surface area (Å²) in [6.45, 7) is 3.33. The number of nitrogens with zero attached hydrogens (tertiary/aromatic N) is 2. The van der Waals surface area contributed by atoms with E-state index in [9.17, 15) is 4.79 Å². The van der Waals surface area contributed by atoms with Gasteiger partial charge in [0.2, 0.25) is 5.91 Å². The largest absolute Gasteiger partial charge is 0.497 e. The molecule has 2 N–H and O–H groups in total. The van der Waals surface area contributed by atoms with Crippen molar-refractivity contribution >= 4 is 11.6 Å². The van der Waals surface area contributed by atoms with Crippen LogP contribution in [0.5, 0.6) is 5.75 Å². The maximum absolute atomic E-state index is 12.7. The second-order valence-corrected chi connectivity index (χ2v) is 6.64. The molecule has 0 spiro atoms. The number of rotatable bonds is 3. The van der Waals surface area contributed by atoms with Crippen LogP contribution in [0.4, 0.5) is 5.69 Å². The molecule has 1 aliphatic carbocycles. The average molecular weight is 317 g/mol. The fourth-order valence-electron chi connectivity index (χ4n) is 3.70. The van der Waals surface area contributed by atoms with E-state index in [1.165, 1.54) is 0 Å². The van der Waals surface area contributed by atoms with E-state index >= 15 is 0 Å². The third-order valence-corrected chi connectivity index (χ3v) is 5.07. The van der Waals surface area contributed by atoms with Gasteiger partial charge in [0.25, 0.3) is 0 Å². The molecule has 0 bridgehead atoms. The zero-order valence-electron chi connectivity index (χ0n) is 13.9. The second-order valence-electron chi connectivity index (χ2n) is 6.64. The van der Waals surface area contributed by atoms with Gasteiger partial charge in [0, 0.05) is 49.9 Å². The third kappa shape index (κ3) is 3.78. The first kappa shape index (κ1) is 16.1. The quantitative estimate of drug-likeness (QED) is 0.924. The van der Waals surface area contributed by atoms with Crippen molar-refractivity contribution in [2.75, 3.05) is 38.2 Å². The lowest BCUT2D eigenvalue weighted by atomic mass is 9.85. The molecule has 0 aromatic heterocycles. The molecule has 5 heteroatoms. The molecule has 1 saturated carbocycles. The van der Waals surface area contributed by atoms with Crippen LogP contribution < -0.4 is 15.4 Å². The van der Waals surface area contributed by atoms with E-state index in [0.717, 1.165) is 63.3 Å². The Balaban J connectivity index is 1.56. The number of hydrogen-bond acceptors (Lipinski definition) is 4. The fraction of sp³-hybridized carbons (Fsp3) is 0.611. The topological polar surface area (TPSA) is 58.8 Å². The Morgan fingerprint density at radius 2 is 2.00 bits per heavy atom. The molecule has 1 aromatic rings. The van der Waals surface area contributed by atoms with Gasteiger partial charge in [-0.3, -0.25) is 4.79 Å². The highest BCUT2D eigenvalue weighted by Crippen LogP contribution is 2.26. The predicted molar refractivity (Wildman–Crippen MR) is 91.7 cm³/mol. The lowest BCUT2D eigenvalue weighted by molar-refractivity contribution is -0.137. The monoisotopic (exact) mass is 317 g/mol. The number of carbonyl (C=O) groups excluding carboxylic acids is 1. The number of amides is 1. The van der Waals surface area contributed by atoms with Gasteiger partial charge in [-0.25, -0.2) is 0 Å². The van der Waals surface area contributed by atoms with Crippen LogP contribution in [0.2, 0.25) is 0 Å². The molecule has 1 aromatic carbocycles. The normalized spacial score (nSPS) is 25.3. The summed E-state index contributed by atoms with van der Waals surface area (Å²) in [5.74, 6) is 1.32.